The number of pyridine rings is 2. The summed E-state index contributed by atoms with van der Waals surface area (Å²) in [5.74, 6) is 6.44. The first-order valence-electron chi connectivity index (χ1n) is 37.9. The highest BCUT2D eigenvalue weighted by Crippen LogP contribution is 2.43. The van der Waals surface area contributed by atoms with Crippen LogP contribution in [0.1, 0.15) is 85.8 Å². The van der Waals surface area contributed by atoms with Gasteiger partial charge in [-0.25, -0.2) is 34.9 Å². The number of aliphatic hydroxyl groups is 3. The van der Waals surface area contributed by atoms with Gasteiger partial charge in [0.05, 0.1) is 23.0 Å². The van der Waals surface area contributed by atoms with E-state index in [9.17, 15) is 15.3 Å². The number of aliphatic hydroxyl groups excluding tert-OH is 3. The van der Waals surface area contributed by atoms with E-state index in [1.165, 1.54) is 0 Å². The van der Waals surface area contributed by atoms with E-state index in [1.54, 1.807) is 27.2 Å². The van der Waals surface area contributed by atoms with Crippen molar-refractivity contribution in [1.82, 2.24) is 61.1 Å². The summed E-state index contributed by atoms with van der Waals surface area (Å²) in [6.07, 6.45) is 7.69. The zero-order valence-corrected chi connectivity index (χ0v) is 64.0. The van der Waals surface area contributed by atoms with Gasteiger partial charge in [-0.05, 0) is 170 Å². The average Bonchev–Trinajstić information content (AvgIpc) is 0.779. The summed E-state index contributed by atoms with van der Waals surface area (Å²) in [5, 5.41) is 46.4. The van der Waals surface area contributed by atoms with Crippen LogP contribution in [-0.4, -0.2) is 227 Å². The van der Waals surface area contributed by atoms with Gasteiger partial charge in [0, 0.05) is 185 Å². The molecule has 0 spiro atoms. The lowest BCUT2D eigenvalue weighted by atomic mass is 9.92. The summed E-state index contributed by atoms with van der Waals surface area (Å²) in [6, 6.07) is 36.3. The number of piperidine rings is 1. The first-order valence-corrected chi connectivity index (χ1v) is 38.3. The standard InChI is InChI=1S/C82H103ClN16O9/c1-51-78(94-79(95-82(51)99(8)58-24-32-104-33-25-58)55-35-56(83)37-65(36-55)108-50-62(102)46-86-4)53-15-19-75(89-43-53)96(5)47-54-14-16-63(106-48-60(100)44-84-2)39-69(54)80-90-72(52-20-28-87-29-21-52)41-76(92-80)98(7)59-26-34-105-74(38-59)68-18-17-64(107-49-61(101)45-85-3)40-70(68)81-91-73(67-11-9-13-71-66(67)12-10-27-88-71)42-77(93-81)97(6)57-22-30-103-31-23-57/h9-19,27,35-37,39-43,52,57-62,74,84-87,100-102H,20-26,28-34,38,44-50H2,1-8H3. The Labute approximate surface area is 638 Å². The molecule has 5 atom stereocenters. The molecule has 26 heteroatoms. The summed E-state index contributed by atoms with van der Waals surface area (Å²) in [5.41, 5.74) is 10.0. The minimum Gasteiger partial charge on any atom is -0.491 e. The van der Waals surface area contributed by atoms with Crippen LogP contribution in [0.25, 0.3) is 67.6 Å². The lowest BCUT2D eigenvalue weighted by Gasteiger charge is -2.37. The number of benzene rings is 4. The zero-order valence-electron chi connectivity index (χ0n) is 63.3. The molecule has 0 saturated carbocycles. The highest BCUT2D eigenvalue weighted by Gasteiger charge is 2.34. The van der Waals surface area contributed by atoms with Crippen molar-refractivity contribution >= 4 is 45.8 Å². The van der Waals surface area contributed by atoms with Gasteiger partial charge in [0.1, 0.15) is 78.7 Å². The normalized spacial score (nSPS) is 17.6. The van der Waals surface area contributed by atoms with E-state index in [2.05, 4.69) is 111 Å². The molecule has 9 aromatic rings. The summed E-state index contributed by atoms with van der Waals surface area (Å²) in [6.45, 7) is 8.71. The summed E-state index contributed by atoms with van der Waals surface area (Å²) in [7, 11) is 13.8. The molecule has 0 bridgehead atoms. The first-order chi connectivity index (χ1) is 52.6. The van der Waals surface area contributed by atoms with E-state index in [1.807, 2.05) is 80.1 Å². The molecule has 5 aromatic heterocycles. The Bertz CT molecular complexity index is 4470. The van der Waals surface area contributed by atoms with E-state index in [4.69, 9.17) is 79.9 Å². The van der Waals surface area contributed by atoms with E-state index in [-0.39, 0.29) is 43.9 Å². The van der Waals surface area contributed by atoms with Crippen molar-refractivity contribution in [3.63, 3.8) is 0 Å². The van der Waals surface area contributed by atoms with Crippen LogP contribution < -0.4 is 55.1 Å². The van der Waals surface area contributed by atoms with Crippen LogP contribution in [0.2, 0.25) is 5.02 Å². The fourth-order valence-electron chi connectivity index (χ4n) is 15.0. The van der Waals surface area contributed by atoms with Crippen molar-refractivity contribution in [3.05, 3.63) is 149 Å². The molecule has 4 fully saturated rings. The fourth-order valence-corrected chi connectivity index (χ4v) is 15.2. The molecule has 0 aliphatic carbocycles. The van der Waals surface area contributed by atoms with Crippen LogP contribution in [0.4, 0.5) is 23.3 Å². The van der Waals surface area contributed by atoms with Crippen LogP contribution in [0.5, 0.6) is 17.2 Å². The minimum atomic E-state index is -0.742. The van der Waals surface area contributed by atoms with Crippen molar-refractivity contribution < 1.29 is 43.7 Å². The molecule has 9 heterocycles. The van der Waals surface area contributed by atoms with E-state index in [0.717, 1.165) is 148 Å². The third kappa shape index (κ3) is 18.9. The maximum atomic E-state index is 10.9. The fraction of sp³-hybridized carbons (Fsp3) is 0.463. The molecule has 4 aromatic carbocycles. The number of likely N-dealkylation sites (N-methyl/N-ethyl adjacent to an activating group) is 3. The van der Waals surface area contributed by atoms with Gasteiger partial charge in [-0.15, -0.1) is 0 Å². The first kappa shape index (κ1) is 77.3. The number of rotatable bonds is 31. The second kappa shape index (κ2) is 36.6. The topological polar surface area (TPSA) is 280 Å². The molecule has 4 aliphatic heterocycles. The second-order valence-electron chi connectivity index (χ2n) is 28.8. The lowest BCUT2D eigenvalue weighted by Crippen LogP contribution is -2.38. The van der Waals surface area contributed by atoms with Gasteiger partial charge in [-0.1, -0.05) is 41.9 Å². The van der Waals surface area contributed by atoms with Gasteiger partial charge in [0.2, 0.25) is 0 Å². The molecule has 5 unspecified atom stereocenters. The van der Waals surface area contributed by atoms with Gasteiger partial charge in [0.15, 0.2) is 17.5 Å². The molecular formula is C82H103ClN16O9. The molecular weight excluding hydrogens is 1390 g/mol. The number of anilines is 4. The van der Waals surface area contributed by atoms with Gasteiger partial charge in [-0.3, -0.25) is 4.98 Å². The largest absolute Gasteiger partial charge is 0.491 e. The summed E-state index contributed by atoms with van der Waals surface area (Å²) < 4.78 is 37.4. The quantitative estimate of drug-likeness (QED) is 0.0213. The summed E-state index contributed by atoms with van der Waals surface area (Å²) >= 11 is 6.78. The monoisotopic (exact) mass is 1490 g/mol. The molecule has 0 radical (unpaired) electrons. The predicted octanol–water partition coefficient (Wildman–Crippen LogP) is 9.86. The Hall–Kier alpha value is -8.83. The van der Waals surface area contributed by atoms with E-state index in [0.29, 0.717) is 111 Å². The lowest BCUT2D eigenvalue weighted by molar-refractivity contribution is 0.00609. The van der Waals surface area contributed by atoms with Crippen LogP contribution in [0.3, 0.4) is 0 Å². The van der Waals surface area contributed by atoms with Crippen molar-refractivity contribution in [3.8, 4) is 73.9 Å². The van der Waals surface area contributed by atoms with Gasteiger partial charge >= 0.3 is 0 Å². The number of fused-ring (bicyclic) bond motifs is 1. The Morgan fingerprint density at radius 3 is 1.86 bits per heavy atom. The molecule has 108 heavy (non-hydrogen) atoms. The number of halogens is 1. The maximum absolute atomic E-state index is 10.9. The van der Waals surface area contributed by atoms with Crippen molar-refractivity contribution in [2.45, 2.75) is 113 Å². The number of nitrogens with one attached hydrogen (secondary N) is 4. The molecule has 0 amide bonds. The Balaban J connectivity index is 0.836. The van der Waals surface area contributed by atoms with Gasteiger partial charge in [0.25, 0.3) is 0 Å². The van der Waals surface area contributed by atoms with Crippen LogP contribution in [0.15, 0.2) is 122 Å². The smallest absolute Gasteiger partial charge is 0.162 e. The van der Waals surface area contributed by atoms with E-state index < -0.39 is 24.4 Å². The molecule has 7 N–H and O–H groups in total. The number of aromatic nitrogens is 8. The zero-order chi connectivity index (χ0) is 75.2. The molecule has 13 rings (SSSR count). The Morgan fingerprint density at radius 1 is 0.556 bits per heavy atom. The highest BCUT2D eigenvalue weighted by atomic mass is 35.5. The van der Waals surface area contributed by atoms with Gasteiger partial charge in [-0.2, -0.15) is 0 Å². The van der Waals surface area contributed by atoms with Crippen molar-refractivity contribution in [2.75, 3.05) is 155 Å². The third-order valence-corrected chi connectivity index (χ3v) is 21.3. The minimum absolute atomic E-state index is 0.0444. The van der Waals surface area contributed by atoms with Crippen molar-refractivity contribution in [2.24, 2.45) is 0 Å². The van der Waals surface area contributed by atoms with Crippen LogP contribution >= 0.6 is 11.6 Å². The van der Waals surface area contributed by atoms with Crippen LogP contribution in [0, 0.1) is 6.92 Å². The second-order valence-corrected chi connectivity index (χ2v) is 29.2. The third-order valence-electron chi connectivity index (χ3n) is 21.1. The number of ether oxygens (including phenoxy) is 6. The Kier molecular flexibility index (Phi) is 26.2. The maximum Gasteiger partial charge on any atom is 0.162 e. The number of hydrogen-bond donors (Lipinski definition) is 7. The van der Waals surface area contributed by atoms with Gasteiger partial charge < -0.3 is 84.6 Å². The van der Waals surface area contributed by atoms with Crippen LogP contribution in [-0.2, 0) is 20.8 Å². The Morgan fingerprint density at radius 2 is 1.19 bits per heavy atom. The van der Waals surface area contributed by atoms with Crippen molar-refractivity contribution in [1.29, 1.82) is 0 Å². The molecule has 572 valence electrons. The average molecular weight is 1490 g/mol. The predicted molar refractivity (Wildman–Crippen MR) is 424 cm³/mol. The number of nitrogens with zero attached hydrogens (tertiary/aromatic N) is 12. The molecule has 25 nitrogen and oxygen atoms in total. The molecule has 4 saturated heterocycles. The van der Waals surface area contributed by atoms with E-state index >= 15 is 0 Å². The highest BCUT2D eigenvalue weighted by molar-refractivity contribution is 6.31. The summed E-state index contributed by atoms with van der Waals surface area (Å²) in [4.78, 5) is 51.3. The SMILES string of the molecule is CNCC(O)COc1cc(Cl)cc(-c2nc(-c3ccc(N(C)Cc4ccc(OCC(O)CNC)cc4-c4nc(C5CCNCC5)cc(N(C)C5CCOC(c6ccc(OCC(O)CNC)cc6-c6nc(-c7cccc8ncccc78)cc(N(C)C7CCOCC7)n6)C5)n4)nc3)c(C)c(N(C)C3CCOCC3)n2)c1. The molecule has 4 aliphatic rings. The number of hydrogen-bond acceptors (Lipinski definition) is 25.